The number of hydrogen-bond donors (Lipinski definition) is 1. The first-order chi connectivity index (χ1) is 7.81. The summed E-state index contributed by atoms with van der Waals surface area (Å²) in [6.45, 7) is 5.04. The summed E-state index contributed by atoms with van der Waals surface area (Å²) in [6.07, 6.45) is 1.08. The molecule has 0 saturated carbocycles. The quantitative estimate of drug-likeness (QED) is 0.780. The monoisotopic (exact) mass is 219 g/mol. The molecule has 1 heterocycles. The third-order valence-electron chi connectivity index (χ3n) is 3.81. The molecule has 1 saturated heterocycles. The molecule has 1 fully saturated rings. The number of fused-ring (bicyclic) bond motifs is 3. The Morgan fingerprint density at radius 2 is 2.38 bits per heavy atom. The van der Waals surface area contributed by atoms with Crippen molar-refractivity contribution < 1.29 is 9.84 Å². The molecule has 0 aromatic heterocycles. The van der Waals surface area contributed by atoms with Crippen molar-refractivity contribution in [2.24, 2.45) is 0 Å². The zero-order valence-corrected chi connectivity index (χ0v) is 9.52. The summed E-state index contributed by atoms with van der Waals surface area (Å²) >= 11 is 0. The fourth-order valence-corrected chi connectivity index (χ4v) is 2.98. The third kappa shape index (κ3) is 1.35. The number of benzene rings is 1. The van der Waals surface area contributed by atoms with Gasteiger partial charge in [0, 0.05) is 18.2 Å². The lowest BCUT2D eigenvalue weighted by atomic mass is 10.1. The molecule has 16 heavy (non-hydrogen) atoms. The molecule has 0 bridgehead atoms. The predicted molar refractivity (Wildman–Crippen MR) is 61.5 cm³/mol. The van der Waals surface area contributed by atoms with E-state index in [9.17, 15) is 5.11 Å². The van der Waals surface area contributed by atoms with Crippen molar-refractivity contribution in [1.29, 1.82) is 0 Å². The molecule has 3 nitrogen and oxygen atoms in total. The van der Waals surface area contributed by atoms with Crippen LogP contribution in [0.2, 0.25) is 0 Å². The van der Waals surface area contributed by atoms with Crippen LogP contribution in [-0.2, 0) is 11.2 Å². The molecule has 1 aromatic rings. The van der Waals surface area contributed by atoms with Crippen LogP contribution in [0.5, 0.6) is 5.75 Å². The van der Waals surface area contributed by atoms with E-state index < -0.39 is 0 Å². The summed E-state index contributed by atoms with van der Waals surface area (Å²) in [5, 5.41) is 9.86. The van der Waals surface area contributed by atoms with Crippen molar-refractivity contribution in [3.63, 3.8) is 0 Å². The molecule has 0 amide bonds. The first-order valence-electron chi connectivity index (χ1n) is 5.97. The molecule has 1 N–H and O–H groups in total. The fraction of sp³-hybridized carbons (Fsp3) is 0.538. The molecule has 0 radical (unpaired) electrons. The lowest BCUT2D eigenvalue weighted by Gasteiger charge is -2.37. The second kappa shape index (κ2) is 3.75. The Hall–Kier alpha value is -1.06. The first kappa shape index (κ1) is 10.1. The van der Waals surface area contributed by atoms with Crippen molar-refractivity contribution in [2.75, 3.05) is 19.7 Å². The standard InChI is InChI=1S/C13H17NO2/c1-2-14-6-7-16-13-9-4-3-5-12(15)10(9)8-11(13)14/h3-5,11,13,15H,2,6-8H2,1H3/t11-,13-/m1/s1. The maximum absolute atomic E-state index is 9.86. The minimum absolute atomic E-state index is 0.163. The number of aromatic hydroxyl groups is 1. The Morgan fingerprint density at radius 3 is 3.19 bits per heavy atom. The molecule has 86 valence electrons. The molecule has 0 spiro atoms. The highest BCUT2D eigenvalue weighted by Gasteiger charge is 2.40. The van der Waals surface area contributed by atoms with E-state index >= 15 is 0 Å². The average Bonchev–Trinajstić information content (AvgIpc) is 2.69. The Kier molecular flexibility index (Phi) is 2.37. The molecule has 3 heteroatoms. The summed E-state index contributed by atoms with van der Waals surface area (Å²) in [5.74, 6) is 0.423. The molecular weight excluding hydrogens is 202 g/mol. The number of ether oxygens (including phenoxy) is 1. The highest BCUT2D eigenvalue weighted by Crippen LogP contribution is 2.42. The molecule has 0 unspecified atom stereocenters. The maximum Gasteiger partial charge on any atom is 0.119 e. The number of morpholine rings is 1. The van der Waals surface area contributed by atoms with Gasteiger partial charge in [0.15, 0.2) is 0 Å². The van der Waals surface area contributed by atoms with Crippen LogP contribution in [0.1, 0.15) is 24.2 Å². The highest BCUT2D eigenvalue weighted by atomic mass is 16.5. The molecule has 2 aliphatic rings. The van der Waals surface area contributed by atoms with Crippen molar-refractivity contribution >= 4 is 0 Å². The largest absolute Gasteiger partial charge is 0.508 e. The molecule has 1 aromatic carbocycles. The van der Waals surface area contributed by atoms with Crippen LogP contribution < -0.4 is 0 Å². The van der Waals surface area contributed by atoms with Gasteiger partial charge in [-0.2, -0.15) is 0 Å². The zero-order valence-electron chi connectivity index (χ0n) is 9.52. The van der Waals surface area contributed by atoms with Crippen molar-refractivity contribution in [2.45, 2.75) is 25.5 Å². The second-order valence-electron chi connectivity index (χ2n) is 4.54. The van der Waals surface area contributed by atoms with Gasteiger partial charge in [-0.25, -0.2) is 0 Å². The van der Waals surface area contributed by atoms with E-state index in [1.165, 1.54) is 5.56 Å². The molecule has 1 aliphatic heterocycles. The number of phenols is 1. The Labute approximate surface area is 95.6 Å². The van der Waals surface area contributed by atoms with Gasteiger partial charge in [0.05, 0.1) is 12.7 Å². The van der Waals surface area contributed by atoms with E-state index in [1.54, 1.807) is 6.07 Å². The van der Waals surface area contributed by atoms with E-state index in [1.807, 2.05) is 6.07 Å². The summed E-state index contributed by atoms with van der Waals surface area (Å²) in [6, 6.07) is 6.18. The number of phenolic OH excluding ortho intramolecular Hbond substituents is 1. The van der Waals surface area contributed by atoms with Crippen molar-refractivity contribution in [3.8, 4) is 5.75 Å². The minimum atomic E-state index is 0.163. The maximum atomic E-state index is 9.86. The number of likely N-dealkylation sites (N-methyl/N-ethyl adjacent to an activating group) is 1. The van der Waals surface area contributed by atoms with Gasteiger partial charge >= 0.3 is 0 Å². The Morgan fingerprint density at radius 1 is 1.50 bits per heavy atom. The molecular formula is C13H17NO2. The van der Waals surface area contributed by atoms with Gasteiger partial charge in [-0.15, -0.1) is 0 Å². The van der Waals surface area contributed by atoms with E-state index in [-0.39, 0.29) is 6.10 Å². The van der Waals surface area contributed by atoms with Crippen LogP contribution in [0.15, 0.2) is 18.2 Å². The predicted octanol–water partition coefficient (Wildman–Crippen LogP) is 1.71. The third-order valence-corrected chi connectivity index (χ3v) is 3.81. The molecule has 3 rings (SSSR count). The summed E-state index contributed by atoms with van der Waals surface area (Å²) in [5.41, 5.74) is 2.26. The summed E-state index contributed by atoms with van der Waals surface area (Å²) in [7, 11) is 0. The van der Waals surface area contributed by atoms with Crippen molar-refractivity contribution in [3.05, 3.63) is 29.3 Å². The van der Waals surface area contributed by atoms with E-state index in [0.29, 0.717) is 11.8 Å². The number of rotatable bonds is 1. The van der Waals surface area contributed by atoms with Crippen LogP contribution in [0.4, 0.5) is 0 Å². The SMILES string of the molecule is CCN1CCO[C@@H]2c3cccc(O)c3C[C@H]21. The number of nitrogens with zero attached hydrogens (tertiary/aromatic N) is 1. The van der Waals surface area contributed by atoms with Gasteiger partial charge in [0.25, 0.3) is 0 Å². The summed E-state index contributed by atoms with van der Waals surface area (Å²) < 4.78 is 5.86. The second-order valence-corrected chi connectivity index (χ2v) is 4.54. The summed E-state index contributed by atoms with van der Waals surface area (Å²) in [4.78, 5) is 2.45. The van der Waals surface area contributed by atoms with Gasteiger partial charge in [0.1, 0.15) is 5.75 Å². The molecule has 2 atom stereocenters. The smallest absolute Gasteiger partial charge is 0.119 e. The van der Waals surface area contributed by atoms with Gasteiger partial charge in [-0.05, 0) is 24.6 Å². The highest BCUT2D eigenvalue weighted by molar-refractivity contribution is 5.45. The Bertz CT molecular complexity index is 405. The van der Waals surface area contributed by atoms with Crippen LogP contribution in [-0.4, -0.2) is 35.7 Å². The minimum Gasteiger partial charge on any atom is -0.508 e. The fourth-order valence-electron chi connectivity index (χ4n) is 2.98. The van der Waals surface area contributed by atoms with Crippen LogP contribution in [0, 0.1) is 0 Å². The topological polar surface area (TPSA) is 32.7 Å². The van der Waals surface area contributed by atoms with Gasteiger partial charge in [-0.1, -0.05) is 19.1 Å². The van der Waals surface area contributed by atoms with Crippen molar-refractivity contribution in [1.82, 2.24) is 4.90 Å². The van der Waals surface area contributed by atoms with Gasteiger partial charge in [0.2, 0.25) is 0 Å². The first-order valence-corrected chi connectivity index (χ1v) is 5.97. The van der Waals surface area contributed by atoms with E-state index in [4.69, 9.17) is 4.74 Å². The Balaban J connectivity index is 1.99. The number of hydrogen-bond acceptors (Lipinski definition) is 3. The van der Waals surface area contributed by atoms with E-state index in [2.05, 4.69) is 17.9 Å². The van der Waals surface area contributed by atoms with Gasteiger partial charge in [-0.3, -0.25) is 4.90 Å². The average molecular weight is 219 g/mol. The lowest BCUT2D eigenvalue weighted by molar-refractivity contribution is -0.0624. The molecule has 1 aliphatic carbocycles. The van der Waals surface area contributed by atoms with E-state index in [0.717, 1.165) is 31.7 Å². The normalized spacial score (nSPS) is 28.8. The van der Waals surface area contributed by atoms with Crippen LogP contribution in [0.25, 0.3) is 0 Å². The van der Waals surface area contributed by atoms with Crippen LogP contribution in [0.3, 0.4) is 0 Å². The van der Waals surface area contributed by atoms with Crippen LogP contribution >= 0.6 is 0 Å². The zero-order chi connectivity index (χ0) is 11.1. The van der Waals surface area contributed by atoms with Gasteiger partial charge < -0.3 is 9.84 Å². The lowest BCUT2D eigenvalue weighted by Crippen LogP contribution is -2.45.